The normalized spacial score (nSPS) is 22.2. The van der Waals surface area contributed by atoms with E-state index in [9.17, 15) is 0 Å². The van der Waals surface area contributed by atoms with Gasteiger partial charge in [-0.1, -0.05) is 15.9 Å². The summed E-state index contributed by atoms with van der Waals surface area (Å²) in [7, 11) is 3.84. The Bertz CT molecular complexity index is 427. The first-order chi connectivity index (χ1) is 9.10. The molecule has 0 radical (unpaired) electrons. The molecule has 2 atom stereocenters. The fourth-order valence-corrected chi connectivity index (χ4v) is 2.96. The van der Waals surface area contributed by atoms with Gasteiger partial charge in [-0.05, 0) is 31.7 Å². The molecule has 1 aliphatic rings. The summed E-state index contributed by atoms with van der Waals surface area (Å²) >= 11 is 3.49. The molecule has 5 heteroatoms. The van der Waals surface area contributed by atoms with E-state index in [1.807, 2.05) is 12.1 Å². The molecular weight excluding hydrogens is 306 g/mol. The third-order valence-electron chi connectivity index (χ3n) is 3.59. The lowest BCUT2D eigenvalue weighted by atomic mass is 9.98. The fraction of sp³-hybridized carbons (Fsp3) is 0.571. The maximum absolute atomic E-state index is 6.36. The summed E-state index contributed by atoms with van der Waals surface area (Å²) in [5, 5.41) is 3.53. The third-order valence-corrected chi connectivity index (χ3v) is 4.08. The van der Waals surface area contributed by atoms with Gasteiger partial charge in [0.25, 0.3) is 0 Å². The van der Waals surface area contributed by atoms with E-state index in [2.05, 4.69) is 39.3 Å². The number of nitrogens with two attached hydrogens (primary N) is 1. The maximum atomic E-state index is 6.36. The number of ether oxygens (including phenoxy) is 1. The summed E-state index contributed by atoms with van der Waals surface area (Å²) in [5.74, 6) is 0.861. The van der Waals surface area contributed by atoms with E-state index < -0.39 is 0 Å². The van der Waals surface area contributed by atoms with Crippen molar-refractivity contribution in [3.8, 4) is 5.75 Å². The first-order valence-corrected chi connectivity index (χ1v) is 7.40. The number of nitrogens with one attached hydrogen (secondary N) is 1. The average molecular weight is 328 g/mol. The van der Waals surface area contributed by atoms with Gasteiger partial charge in [0.15, 0.2) is 0 Å². The largest absolute Gasteiger partial charge is 0.496 e. The zero-order valence-corrected chi connectivity index (χ0v) is 13.1. The summed E-state index contributed by atoms with van der Waals surface area (Å²) < 4.78 is 6.43. The summed E-state index contributed by atoms with van der Waals surface area (Å²) in [5.41, 5.74) is 7.42. The molecule has 0 aromatic heterocycles. The number of nitrogens with zero attached hydrogens (tertiary/aromatic N) is 1. The topological polar surface area (TPSA) is 50.5 Å². The predicted molar refractivity (Wildman–Crippen MR) is 81.5 cm³/mol. The Kier molecular flexibility index (Phi) is 5.21. The van der Waals surface area contributed by atoms with Crippen LogP contribution in [0.4, 0.5) is 0 Å². The van der Waals surface area contributed by atoms with E-state index in [-0.39, 0.29) is 6.04 Å². The highest BCUT2D eigenvalue weighted by atomic mass is 79.9. The first-order valence-electron chi connectivity index (χ1n) is 6.61. The number of benzene rings is 1. The first kappa shape index (κ1) is 14.8. The van der Waals surface area contributed by atoms with E-state index in [0.29, 0.717) is 6.04 Å². The Morgan fingerprint density at radius 1 is 1.58 bits per heavy atom. The maximum Gasteiger partial charge on any atom is 0.123 e. The van der Waals surface area contributed by atoms with Crippen molar-refractivity contribution in [1.29, 1.82) is 0 Å². The molecular formula is C14H22BrN3O. The molecule has 3 N–H and O–H groups in total. The van der Waals surface area contributed by atoms with Gasteiger partial charge in [0.2, 0.25) is 0 Å². The number of likely N-dealkylation sites (N-methyl/N-ethyl adjacent to an activating group) is 1. The van der Waals surface area contributed by atoms with Crippen LogP contribution in [0.15, 0.2) is 22.7 Å². The molecule has 1 fully saturated rings. The van der Waals surface area contributed by atoms with Crippen molar-refractivity contribution in [2.24, 2.45) is 5.73 Å². The van der Waals surface area contributed by atoms with Gasteiger partial charge in [0, 0.05) is 41.8 Å². The van der Waals surface area contributed by atoms with Crippen LogP contribution in [0.3, 0.4) is 0 Å². The van der Waals surface area contributed by atoms with Crippen LogP contribution >= 0.6 is 15.9 Å². The molecule has 2 rings (SSSR count). The zero-order valence-electron chi connectivity index (χ0n) is 11.5. The van der Waals surface area contributed by atoms with Gasteiger partial charge in [-0.2, -0.15) is 0 Å². The molecule has 106 valence electrons. The molecule has 1 aromatic rings. The van der Waals surface area contributed by atoms with Crippen molar-refractivity contribution in [2.45, 2.75) is 18.5 Å². The standard InChI is InChI=1S/C14H22BrN3O/c1-18-6-5-17-11(9-18)8-13(16)12-7-10(15)3-4-14(12)19-2/h3-4,7,11,13,17H,5-6,8-9,16H2,1-2H3. The number of rotatable bonds is 4. The van der Waals surface area contributed by atoms with Crippen molar-refractivity contribution in [1.82, 2.24) is 10.2 Å². The van der Waals surface area contributed by atoms with E-state index in [1.54, 1.807) is 7.11 Å². The number of halogens is 1. The lowest BCUT2D eigenvalue weighted by Gasteiger charge is -2.32. The quantitative estimate of drug-likeness (QED) is 0.884. The van der Waals surface area contributed by atoms with Crippen molar-refractivity contribution in [3.63, 3.8) is 0 Å². The van der Waals surface area contributed by atoms with Crippen LogP contribution in [0.2, 0.25) is 0 Å². The highest BCUT2D eigenvalue weighted by Gasteiger charge is 2.21. The third kappa shape index (κ3) is 3.92. The number of hydrogen-bond acceptors (Lipinski definition) is 4. The molecule has 19 heavy (non-hydrogen) atoms. The molecule has 2 unspecified atom stereocenters. The molecule has 0 bridgehead atoms. The minimum absolute atomic E-state index is 0.0172. The van der Waals surface area contributed by atoms with Crippen LogP contribution in [0.1, 0.15) is 18.0 Å². The number of methoxy groups -OCH3 is 1. The summed E-state index contributed by atoms with van der Waals surface area (Å²) in [4.78, 5) is 2.34. The van der Waals surface area contributed by atoms with Crippen molar-refractivity contribution >= 4 is 15.9 Å². The van der Waals surface area contributed by atoms with Gasteiger partial charge in [-0.3, -0.25) is 0 Å². The molecule has 1 saturated heterocycles. The van der Waals surface area contributed by atoms with Crippen molar-refractivity contribution in [3.05, 3.63) is 28.2 Å². The summed E-state index contributed by atoms with van der Waals surface area (Å²) in [6.45, 7) is 3.18. The van der Waals surface area contributed by atoms with Crippen LogP contribution in [-0.2, 0) is 0 Å². The van der Waals surface area contributed by atoms with Gasteiger partial charge in [0.1, 0.15) is 5.75 Å². The van der Waals surface area contributed by atoms with E-state index >= 15 is 0 Å². The smallest absolute Gasteiger partial charge is 0.123 e. The molecule has 1 heterocycles. The number of piperazine rings is 1. The highest BCUT2D eigenvalue weighted by Crippen LogP contribution is 2.29. The van der Waals surface area contributed by atoms with E-state index in [1.165, 1.54) is 0 Å². The Morgan fingerprint density at radius 2 is 2.37 bits per heavy atom. The lowest BCUT2D eigenvalue weighted by molar-refractivity contribution is 0.225. The van der Waals surface area contributed by atoms with Gasteiger partial charge in [-0.15, -0.1) is 0 Å². The lowest BCUT2D eigenvalue weighted by Crippen LogP contribution is -2.49. The fourth-order valence-electron chi connectivity index (χ4n) is 2.58. The van der Waals surface area contributed by atoms with Gasteiger partial charge < -0.3 is 20.7 Å². The molecule has 1 aliphatic heterocycles. The second-order valence-electron chi connectivity index (χ2n) is 5.14. The van der Waals surface area contributed by atoms with Crippen LogP contribution in [0.25, 0.3) is 0 Å². The summed E-state index contributed by atoms with van der Waals surface area (Å²) in [6, 6.07) is 6.41. The molecule has 0 spiro atoms. The Balaban J connectivity index is 2.06. The Labute approximate surface area is 123 Å². The van der Waals surface area contributed by atoms with Crippen molar-refractivity contribution in [2.75, 3.05) is 33.8 Å². The van der Waals surface area contributed by atoms with Crippen LogP contribution in [-0.4, -0.2) is 44.7 Å². The summed E-state index contributed by atoms with van der Waals surface area (Å²) in [6.07, 6.45) is 0.914. The van der Waals surface area contributed by atoms with Crippen LogP contribution in [0.5, 0.6) is 5.75 Å². The minimum atomic E-state index is -0.0172. The molecule has 0 amide bonds. The monoisotopic (exact) mass is 327 g/mol. The SMILES string of the molecule is COc1ccc(Br)cc1C(N)CC1CN(C)CCN1. The highest BCUT2D eigenvalue weighted by molar-refractivity contribution is 9.10. The second-order valence-corrected chi connectivity index (χ2v) is 6.06. The minimum Gasteiger partial charge on any atom is -0.496 e. The Morgan fingerprint density at radius 3 is 3.05 bits per heavy atom. The molecule has 4 nitrogen and oxygen atoms in total. The van der Waals surface area contributed by atoms with Crippen LogP contribution in [0, 0.1) is 0 Å². The Hall–Kier alpha value is -0.620. The molecule has 0 saturated carbocycles. The van der Waals surface area contributed by atoms with Crippen molar-refractivity contribution < 1.29 is 4.74 Å². The number of hydrogen-bond donors (Lipinski definition) is 2. The predicted octanol–water partition coefficient (Wildman–Crippen LogP) is 1.75. The molecule has 1 aromatic carbocycles. The van der Waals surface area contributed by atoms with Gasteiger partial charge in [-0.25, -0.2) is 0 Å². The van der Waals surface area contributed by atoms with Gasteiger partial charge in [0.05, 0.1) is 7.11 Å². The zero-order chi connectivity index (χ0) is 13.8. The van der Waals surface area contributed by atoms with E-state index in [4.69, 9.17) is 10.5 Å². The average Bonchev–Trinajstić information content (AvgIpc) is 2.38. The van der Waals surface area contributed by atoms with Crippen LogP contribution < -0.4 is 15.8 Å². The van der Waals surface area contributed by atoms with Gasteiger partial charge >= 0.3 is 0 Å². The van der Waals surface area contributed by atoms with E-state index in [0.717, 1.165) is 41.8 Å². The molecule has 0 aliphatic carbocycles. The second kappa shape index (κ2) is 6.70.